The molecule has 2 heterocycles. The molecule has 0 radical (unpaired) electrons. The molecule has 1 aromatic heterocycles. The summed E-state index contributed by atoms with van der Waals surface area (Å²) in [5.41, 5.74) is -2.05. The summed E-state index contributed by atoms with van der Waals surface area (Å²) < 4.78 is 40.5. The number of pyridine rings is 1. The van der Waals surface area contributed by atoms with Gasteiger partial charge in [-0.05, 0) is 29.9 Å². The molecule has 4 atom stereocenters. The van der Waals surface area contributed by atoms with Crippen LogP contribution in [0.3, 0.4) is 0 Å². The van der Waals surface area contributed by atoms with E-state index in [2.05, 4.69) is 10.3 Å². The van der Waals surface area contributed by atoms with E-state index in [4.69, 9.17) is 0 Å². The van der Waals surface area contributed by atoms with Gasteiger partial charge in [-0.2, -0.15) is 13.2 Å². The maximum atomic E-state index is 14.0. The van der Waals surface area contributed by atoms with Gasteiger partial charge in [0.2, 0.25) is 11.5 Å². The van der Waals surface area contributed by atoms with E-state index in [1.165, 1.54) is 4.90 Å². The number of halogens is 3. The van der Waals surface area contributed by atoms with Crippen LogP contribution in [0.4, 0.5) is 19.0 Å². The summed E-state index contributed by atoms with van der Waals surface area (Å²) in [6, 6.07) is 7.43. The van der Waals surface area contributed by atoms with Gasteiger partial charge in [0, 0.05) is 17.9 Å². The number of carbonyl (C=O) groups is 2. The molecule has 38 heavy (non-hydrogen) atoms. The first-order valence-corrected chi connectivity index (χ1v) is 13.0. The summed E-state index contributed by atoms with van der Waals surface area (Å²) in [6.45, 7) is 5.56. The van der Waals surface area contributed by atoms with Crippen molar-refractivity contribution < 1.29 is 27.9 Å². The van der Waals surface area contributed by atoms with E-state index in [1.807, 2.05) is 20.8 Å². The zero-order valence-corrected chi connectivity index (χ0v) is 21.7. The average molecular weight is 534 g/mol. The van der Waals surface area contributed by atoms with Crippen LogP contribution in [0, 0.1) is 17.3 Å². The minimum Gasteiger partial charge on any atom is -0.480 e. The number of aromatic amines is 1. The van der Waals surface area contributed by atoms with Crippen molar-refractivity contribution in [1.29, 1.82) is 0 Å². The van der Waals surface area contributed by atoms with Crippen LogP contribution in [0.2, 0.25) is 0 Å². The predicted molar refractivity (Wildman–Crippen MR) is 136 cm³/mol. The molecule has 1 amide bonds. The fourth-order valence-corrected chi connectivity index (χ4v) is 6.18. The number of alkyl halides is 3. The predicted octanol–water partition coefficient (Wildman–Crippen LogP) is 5.45. The van der Waals surface area contributed by atoms with E-state index < -0.39 is 52.7 Å². The number of hydrogen-bond acceptors (Lipinski definition) is 4. The highest BCUT2D eigenvalue weighted by atomic mass is 19.4. The fourth-order valence-electron chi connectivity index (χ4n) is 6.18. The zero-order chi connectivity index (χ0) is 27.8. The minimum absolute atomic E-state index is 0.180. The molecule has 1 aromatic carbocycles. The highest BCUT2D eigenvalue weighted by Gasteiger charge is 2.58. The molecular weight excluding hydrogens is 499 g/mol. The van der Waals surface area contributed by atoms with Gasteiger partial charge in [-0.15, -0.1) is 0 Å². The van der Waals surface area contributed by atoms with E-state index in [0.29, 0.717) is 24.5 Å². The Kier molecular flexibility index (Phi) is 7.63. The first-order chi connectivity index (χ1) is 17.8. The maximum Gasteiger partial charge on any atom is 0.416 e. The van der Waals surface area contributed by atoms with Crippen molar-refractivity contribution in [2.75, 3.05) is 5.32 Å². The Labute approximate surface area is 219 Å². The molecule has 1 saturated heterocycles. The standard InChI is InChI=1S/C28H34F3N3O4/c1-27(2,3)21-22(33-19-14-18(28(29,30)31)15-20(35)32-19)23(16-10-6-4-7-11-16)34(24(21)26(37)38)25(36)17-12-8-5-9-13-17/h4,6-7,10-11,14-15,17,21-24H,5,8-9,12-13H2,1-3H3,(H,37,38)(H2,32,33,35)/t21-,22-,23-,24-/m1/s1. The van der Waals surface area contributed by atoms with Crippen LogP contribution in [-0.4, -0.2) is 39.0 Å². The van der Waals surface area contributed by atoms with Gasteiger partial charge >= 0.3 is 12.1 Å². The number of amides is 1. The molecule has 10 heteroatoms. The molecule has 1 aliphatic carbocycles. The number of H-pyrrole nitrogens is 1. The van der Waals surface area contributed by atoms with Crippen molar-refractivity contribution in [3.63, 3.8) is 0 Å². The van der Waals surface area contributed by atoms with Gasteiger partial charge in [0.1, 0.15) is 11.9 Å². The molecule has 7 nitrogen and oxygen atoms in total. The molecule has 0 spiro atoms. The van der Waals surface area contributed by atoms with Crippen LogP contribution >= 0.6 is 0 Å². The third-order valence-corrected chi connectivity index (χ3v) is 7.76. The van der Waals surface area contributed by atoms with Crippen LogP contribution in [0.25, 0.3) is 0 Å². The number of benzene rings is 1. The third kappa shape index (κ3) is 5.59. The summed E-state index contributed by atoms with van der Waals surface area (Å²) in [7, 11) is 0. The Morgan fingerprint density at radius 2 is 1.66 bits per heavy atom. The number of carboxylic acids is 1. The van der Waals surface area contributed by atoms with Crippen molar-refractivity contribution in [2.24, 2.45) is 17.3 Å². The topological polar surface area (TPSA) is 103 Å². The van der Waals surface area contributed by atoms with Crippen LogP contribution in [0.1, 0.15) is 70.0 Å². The first kappa shape index (κ1) is 27.7. The highest BCUT2D eigenvalue weighted by Crippen LogP contribution is 2.50. The van der Waals surface area contributed by atoms with E-state index >= 15 is 0 Å². The Bertz CT molecular complexity index is 1220. The second-order valence-corrected chi connectivity index (χ2v) is 11.4. The lowest BCUT2D eigenvalue weighted by Gasteiger charge is -2.36. The smallest absolute Gasteiger partial charge is 0.416 e. The van der Waals surface area contributed by atoms with Gasteiger partial charge < -0.3 is 20.3 Å². The van der Waals surface area contributed by atoms with Gasteiger partial charge in [0.15, 0.2) is 0 Å². The first-order valence-electron chi connectivity index (χ1n) is 13.0. The number of aromatic nitrogens is 1. The molecule has 1 saturated carbocycles. The minimum atomic E-state index is -4.74. The van der Waals surface area contributed by atoms with E-state index in [-0.39, 0.29) is 17.6 Å². The largest absolute Gasteiger partial charge is 0.480 e. The third-order valence-electron chi connectivity index (χ3n) is 7.76. The number of likely N-dealkylation sites (tertiary alicyclic amines) is 1. The molecule has 3 N–H and O–H groups in total. The van der Waals surface area contributed by atoms with E-state index in [9.17, 15) is 32.7 Å². The van der Waals surface area contributed by atoms with Crippen LogP contribution < -0.4 is 10.9 Å². The molecular formula is C28H34F3N3O4. The summed E-state index contributed by atoms with van der Waals surface area (Å²) in [5, 5.41) is 13.5. The lowest BCUT2D eigenvalue weighted by Crippen LogP contribution is -2.49. The molecule has 0 bridgehead atoms. The van der Waals surface area contributed by atoms with Crippen LogP contribution in [0.5, 0.6) is 0 Å². The molecule has 2 fully saturated rings. The zero-order valence-electron chi connectivity index (χ0n) is 21.7. The number of nitrogens with zero attached hydrogens (tertiary/aromatic N) is 1. The second kappa shape index (κ2) is 10.5. The number of anilines is 1. The number of nitrogens with one attached hydrogen (secondary N) is 2. The Hall–Kier alpha value is -3.30. The fraction of sp³-hybridized carbons (Fsp3) is 0.536. The number of carbonyl (C=O) groups excluding carboxylic acids is 1. The SMILES string of the molecule is CC(C)(C)[C@@H]1[C@@H](Nc2cc(C(F)(F)F)cc(=O)[nH]2)[C@@H](c2ccccc2)N(C(=O)C2CCCCC2)[C@H]1C(=O)O. The van der Waals surface area contributed by atoms with Gasteiger partial charge in [0.05, 0.1) is 17.6 Å². The Morgan fingerprint density at radius 1 is 1.03 bits per heavy atom. The second-order valence-electron chi connectivity index (χ2n) is 11.4. The van der Waals surface area contributed by atoms with Crippen molar-refractivity contribution in [3.05, 3.63) is 63.9 Å². The van der Waals surface area contributed by atoms with Crippen molar-refractivity contribution in [2.45, 2.75) is 77.2 Å². The van der Waals surface area contributed by atoms with Crippen molar-refractivity contribution in [1.82, 2.24) is 9.88 Å². The highest BCUT2D eigenvalue weighted by molar-refractivity contribution is 5.87. The average Bonchev–Trinajstić information content (AvgIpc) is 3.19. The van der Waals surface area contributed by atoms with E-state index in [1.54, 1.807) is 30.3 Å². The molecule has 2 aliphatic rings. The maximum absolute atomic E-state index is 14.0. The molecule has 1 aliphatic heterocycles. The monoisotopic (exact) mass is 533 g/mol. The van der Waals surface area contributed by atoms with Crippen molar-refractivity contribution in [3.8, 4) is 0 Å². The Balaban J connectivity index is 1.88. The van der Waals surface area contributed by atoms with Crippen LogP contribution in [0.15, 0.2) is 47.3 Å². The van der Waals surface area contributed by atoms with E-state index in [0.717, 1.165) is 25.3 Å². The molecule has 4 rings (SSSR count). The number of hydrogen-bond donors (Lipinski definition) is 3. The number of aliphatic carboxylic acids is 1. The van der Waals surface area contributed by atoms with Crippen LogP contribution in [-0.2, 0) is 15.8 Å². The van der Waals surface area contributed by atoms with Gasteiger partial charge in [-0.25, -0.2) is 4.79 Å². The van der Waals surface area contributed by atoms with Gasteiger partial charge in [-0.3, -0.25) is 9.59 Å². The molecule has 2 aromatic rings. The lowest BCUT2D eigenvalue weighted by molar-refractivity contribution is -0.154. The Morgan fingerprint density at radius 3 is 2.21 bits per heavy atom. The van der Waals surface area contributed by atoms with Crippen molar-refractivity contribution >= 4 is 17.7 Å². The molecule has 206 valence electrons. The summed E-state index contributed by atoms with van der Waals surface area (Å²) in [5.74, 6) is -2.61. The molecule has 0 unspecified atom stereocenters. The normalized spacial score (nSPS) is 24.8. The number of rotatable bonds is 5. The summed E-state index contributed by atoms with van der Waals surface area (Å²) >= 11 is 0. The summed E-state index contributed by atoms with van der Waals surface area (Å²) in [6.07, 6.45) is -0.617. The lowest BCUT2D eigenvalue weighted by atomic mass is 9.72. The summed E-state index contributed by atoms with van der Waals surface area (Å²) in [4.78, 5) is 42.9. The van der Waals surface area contributed by atoms with Gasteiger partial charge in [-0.1, -0.05) is 70.4 Å². The number of carboxylic acid groups (broad SMARTS) is 1. The quantitative estimate of drug-likeness (QED) is 0.474. The van der Waals surface area contributed by atoms with Gasteiger partial charge in [0.25, 0.3) is 0 Å².